The van der Waals surface area contributed by atoms with Crippen LogP contribution < -0.4 is 10.6 Å². The first kappa shape index (κ1) is 16.7. The lowest BCUT2D eigenvalue weighted by Gasteiger charge is -2.11. The summed E-state index contributed by atoms with van der Waals surface area (Å²) in [5, 5.41) is 5.70. The molecule has 0 atom stereocenters. The monoisotopic (exact) mass is 310 g/mol. The molecule has 2 aromatic carbocycles. The maximum atomic E-state index is 12.4. The summed E-state index contributed by atoms with van der Waals surface area (Å²) in [7, 11) is 0. The molecule has 2 N–H and O–H groups in total. The molecule has 0 aliphatic carbocycles. The highest BCUT2D eigenvalue weighted by molar-refractivity contribution is 6.05. The number of nitrogens with one attached hydrogen (secondary N) is 2. The third-order valence-corrected chi connectivity index (χ3v) is 3.78. The first-order chi connectivity index (χ1) is 10.9. The number of rotatable bonds is 4. The van der Waals surface area contributed by atoms with Crippen molar-refractivity contribution in [1.29, 1.82) is 0 Å². The summed E-state index contributed by atoms with van der Waals surface area (Å²) in [6.45, 7) is 7.61. The molecule has 23 heavy (non-hydrogen) atoms. The van der Waals surface area contributed by atoms with Crippen LogP contribution in [0.15, 0.2) is 42.5 Å². The molecule has 0 radical (unpaired) electrons. The van der Waals surface area contributed by atoms with Gasteiger partial charge in [0.05, 0.1) is 0 Å². The molecule has 0 fully saturated rings. The maximum absolute atomic E-state index is 12.4. The molecule has 4 heteroatoms. The second-order valence-corrected chi connectivity index (χ2v) is 5.92. The van der Waals surface area contributed by atoms with Crippen LogP contribution in [-0.4, -0.2) is 11.8 Å². The van der Waals surface area contributed by atoms with Crippen LogP contribution in [-0.2, 0) is 4.79 Å². The SMILES string of the molecule is Cc1cccc(C(=O)Nc2ccc(NC(=O)C(C)C)cc2)c1C. The van der Waals surface area contributed by atoms with Gasteiger partial charge < -0.3 is 10.6 Å². The van der Waals surface area contributed by atoms with Gasteiger partial charge in [0.25, 0.3) is 5.91 Å². The zero-order chi connectivity index (χ0) is 17.0. The standard InChI is InChI=1S/C19H22N2O2/c1-12(2)18(22)20-15-8-10-16(11-9-15)21-19(23)17-7-5-6-13(3)14(17)4/h5-12H,1-4H3,(H,20,22)(H,21,23). The van der Waals surface area contributed by atoms with E-state index in [0.29, 0.717) is 16.9 Å². The van der Waals surface area contributed by atoms with Crippen molar-refractivity contribution in [1.82, 2.24) is 0 Å². The average Bonchev–Trinajstić information content (AvgIpc) is 2.51. The zero-order valence-electron chi connectivity index (χ0n) is 13.9. The van der Waals surface area contributed by atoms with Crippen LogP contribution in [0.5, 0.6) is 0 Å². The van der Waals surface area contributed by atoms with Gasteiger partial charge in [0.2, 0.25) is 5.91 Å². The van der Waals surface area contributed by atoms with Crippen LogP contribution in [0.2, 0.25) is 0 Å². The molecule has 0 aliphatic heterocycles. The molecule has 0 aromatic heterocycles. The topological polar surface area (TPSA) is 58.2 Å². The van der Waals surface area contributed by atoms with E-state index in [9.17, 15) is 9.59 Å². The number of hydrogen-bond acceptors (Lipinski definition) is 2. The van der Waals surface area contributed by atoms with Gasteiger partial charge >= 0.3 is 0 Å². The number of hydrogen-bond donors (Lipinski definition) is 2. The van der Waals surface area contributed by atoms with E-state index in [4.69, 9.17) is 0 Å². The van der Waals surface area contributed by atoms with Crippen molar-refractivity contribution in [3.8, 4) is 0 Å². The fraction of sp³-hybridized carbons (Fsp3) is 0.263. The van der Waals surface area contributed by atoms with Crippen LogP contribution >= 0.6 is 0 Å². The van der Waals surface area contributed by atoms with Crippen LogP contribution in [0.4, 0.5) is 11.4 Å². The first-order valence-corrected chi connectivity index (χ1v) is 7.67. The van der Waals surface area contributed by atoms with Gasteiger partial charge in [-0.05, 0) is 55.3 Å². The third-order valence-electron chi connectivity index (χ3n) is 3.78. The first-order valence-electron chi connectivity index (χ1n) is 7.67. The Labute approximate surface area is 136 Å². The summed E-state index contributed by atoms with van der Waals surface area (Å²) in [5.74, 6) is -0.235. The van der Waals surface area contributed by atoms with Gasteiger partial charge in [-0.15, -0.1) is 0 Å². The van der Waals surface area contributed by atoms with Crippen molar-refractivity contribution in [2.24, 2.45) is 5.92 Å². The minimum atomic E-state index is -0.134. The minimum absolute atomic E-state index is 0.0304. The van der Waals surface area contributed by atoms with E-state index in [2.05, 4.69) is 10.6 Å². The summed E-state index contributed by atoms with van der Waals surface area (Å²) >= 11 is 0. The number of carbonyl (C=O) groups excluding carboxylic acids is 2. The molecule has 4 nitrogen and oxygen atoms in total. The maximum Gasteiger partial charge on any atom is 0.255 e. The Morgan fingerprint density at radius 1 is 0.870 bits per heavy atom. The molecule has 2 rings (SSSR count). The Morgan fingerprint density at radius 2 is 1.43 bits per heavy atom. The number of amides is 2. The minimum Gasteiger partial charge on any atom is -0.326 e. The Hall–Kier alpha value is -2.62. The predicted molar refractivity (Wildman–Crippen MR) is 93.8 cm³/mol. The lowest BCUT2D eigenvalue weighted by atomic mass is 10.0. The molecule has 0 saturated carbocycles. The van der Waals surface area contributed by atoms with Gasteiger partial charge in [-0.1, -0.05) is 26.0 Å². The summed E-state index contributed by atoms with van der Waals surface area (Å²) in [5.41, 5.74) is 4.14. The number of benzene rings is 2. The summed E-state index contributed by atoms with van der Waals surface area (Å²) < 4.78 is 0. The van der Waals surface area contributed by atoms with Crippen molar-refractivity contribution < 1.29 is 9.59 Å². The van der Waals surface area contributed by atoms with Crippen molar-refractivity contribution in [3.63, 3.8) is 0 Å². The highest BCUT2D eigenvalue weighted by Crippen LogP contribution is 2.18. The van der Waals surface area contributed by atoms with E-state index < -0.39 is 0 Å². The molecule has 120 valence electrons. The molecule has 0 saturated heterocycles. The van der Waals surface area contributed by atoms with Gasteiger partial charge in [0, 0.05) is 22.9 Å². The van der Waals surface area contributed by atoms with Crippen LogP contribution in [0.3, 0.4) is 0 Å². The second kappa shape index (κ2) is 7.09. The van der Waals surface area contributed by atoms with Gasteiger partial charge in [0.15, 0.2) is 0 Å². The highest BCUT2D eigenvalue weighted by atomic mass is 16.2. The van der Waals surface area contributed by atoms with Gasteiger partial charge in [-0.2, -0.15) is 0 Å². The largest absolute Gasteiger partial charge is 0.326 e. The molecule has 2 aromatic rings. The van der Waals surface area contributed by atoms with E-state index in [0.717, 1.165) is 11.1 Å². The molecule has 0 heterocycles. The van der Waals surface area contributed by atoms with Crippen molar-refractivity contribution in [2.45, 2.75) is 27.7 Å². The van der Waals surface area contributed by atoms with E-state index in [-0.39, 0.29) is 17.7 Å². The van der Waals surface area contributed by atoms with E-state index in [1.54, 1.807) is 24.3 Å². The van der Waals surface area contributed by atoms with Gasteiger partial charge in [-0.25, -0.2) is 0 Å². The molecule has 0 unspecified atom stereocenters. The average molecular weight is 310 g/mol. The van der Waals surface area contributed by atoms with E-state index in [1.807, 2.05) is 45.9 Å². The smallest absolute Gasteiger partial charge is 0.255 e. The second-order valence-electron chi connectivity index (χ2n) is 5.92. The van der Waals surface area contributed by atoms with Crippen molar-refractivity contribution in [3.05, 3.63) is 59.2 Å². The van der Waals surface area contributed by atoms with E-state index in [1.165, 1.54) is 0 Å². The Kier molecular flexibility index (Phi) is 5.16. The molecular formula is C19H22N2O2. The zero-order valence-corrected chi connectivity index (χ0v) is 13.9. The van der Waals surface area contributed by atoms with Gasteiger partial charge in [0.1, 0.15) is 0 Å². The molecule has 0 aliphatic rings. The summed E-state index contributed by atoms with van der Waals surface area (Å²) in [6.07, 6.45) is 0. The molecule has 2 amide bonds. The van der Waals surface area contributed by atoms with Crippen molar-refractivity contribution >= 4 is 23.2 Å². The quantitative estimate of drug-likeness (QED) is 0.891. The number of anilines is 2. The highest BCUT2D eigenvalue weighted by Gasteiger charge is 2.11. The third kappa shape index (κ3) is 4.19. The summed E-state index contributed by atoms with van der Waals surface area (Å²) in [4.78, 5) is 24.0. The Morgan fingerprint density at radius 3 is 2.00 bits per heavy atom. The lowest BCUT2D eigenvalue weighted by Crippen LogP contribution is -2.17. The van der Waals surface area contributed by atoms with Crippen LogP contribution in [0, 0.1) is 19.8 Å². The molecule has 0 bridgehead atoms. The Bertz CT molecular complexity index is 719. The van der Waals surface area contributed by atoms with E-state index >= 15 is 0 Å². The fourth-order valence-corrected chi connectivity index (χ4v) is 2.12. The number of carbonyl (C=O) groups is 2. The van der Waals surface area contributed by atoms with Crippen LogP contribution in [0.25, 0.3) is 0 Å². The Balaban J connectivity index is 2.07. The van der Waals surface area contributed by atoms with Crippen molar-refractivity contribution in [2.75, 3.05) is 10.6 Å². The normalized spacial score (nSPS) is 10.5. The molecular weight excluding hydrogens is 288 g/mol. The van der Waals surface area contributed by atoms with Crippen LogP contribution in [0.1, 0.15) is 35.3 Å². The summed E-state index contributed by atoms with van der Waals surface area (Å²) in [6, 6.07) is 12.8. The number of aryl methyl sites for hydroxylation is 1. The molecule has 0 spiro atoms. The lowest BCUT2D eigenvalue weighted by molar-refractivity contribution is -0.118. The predicted octanol–water partition coefficient (Wildman–Crippen LogP) is 4.15. The fourth-order valence-electron chi connectivity index (χ4n) is 2.12. The van der Waals surface area contributed by atoms with Gasteiger partial charge in [-0.3, -0.25) is 9.59 Å².